The molecule has 0 saturated carbocycles. The van der Waals surface area contributed by atoms with Crippen LogP contribution in [0.5, 0.6) is 0 Å². The van der Waals surface area contributed by atoms with Gasteiger partial charge in [-0.3, -0.25) is 4.79 Å². The summed E-state index contributed by atoms with van der Waals surface area (Å²) in [4.78, 5) is 12.6. The van der Waals surface area contributed by atoms with Crippen LogP contribution in [0.2, 0.25) is 0 Å². The Hall–Kier alpha value is -2.38. The number of nitrogen functional groups attached to an aromatic ring is 1. The Morgan fingerprint density at radius 2 is 1.80 bits per heavy atom. The molecule has 0 fully saturated rings. The normalized spacial score (nSPS) is 11.5. The first-order valence-electron chi connectivity index (χ1n) is 8.07. The molecule has 0 bridgehead atoms. The SMILES string of the molecule is CCN(CC)S(=O)(=O)c1cccc(C(=O)Nc2cc(N)ccc2C)c1. The molecule has 0 aliphatic heterocycles. The fourth-order valence-electron chi connectivity index (χ4n) is 2.48. The predicted octanol–water partition coefficient (Wildman–Crippen LogP) is 2.86. The third kappa shape index (κ3) is 4.18. The van der Waals surface area contributed by atoms with E-state index in [0.29, 0.717) is 24.5 Å². The highest BCUT2D eigenvalue weighted by Crippen LogP contribution is 2.21. The second kappa shape index (κ2) is 7.67. The average Bonchev–Trinajstić information content (AvgIpc) is 2.59. The van der Waals surface area contributed by atoms with E-state index in [4.69, 9.17) is 5.73 Å². The number of rotatable bonds is 6. The first-order valence-corrected chi connectivity index (χ1v) is 9.51. The predicted molar refractivity (Wildman–Crippen MR) is 100 cm³/mol. The molecule has 0 unspecified atom stereocenters. The number of carbonyl (C=O) groups excluding carboxylic acids is 1. The fraction of sp³-hybridized carbons (Fsp3) is 0.278. The highest BCUT2D eigenvalue weighted by atomic mass is 32.2. The van der Waals surface area contributed by atoms with Gasteiger partial charge in [-0.15, -0.1) is 0 Å². The van der Waals surface area contributed by atoms with Crippen molar-refractivity contribution in [3.05, 3.63) is 53.6 Å². The van der Waals surface area contributed by atoms with Crippen LogP contribution in [0, 0.1) is 6.92 Å². The van der Waals surface area contributed by atoms with Gasteiger partial charge in [0.2, 0.25) is 10.0 Å². The van der Waals surface area contributed by atoms with Crippen molar-refractivity contribution in [2.24, 2.45) is 0 Å². The van der Waals surface area contributed by atoms with Crippen LogP contribution in [0.25, 0.3) is 0 Å². The summed E-state index contributed by atoms with van der Waals surface area (Å²) in [6, 6.07) is 11.3. The summed E-state index contributed by atoms with van der Waals surface area (Å²) in [5, 5.41) is 2.78. The Kier molecular flexibility index (Phi) is 5.81. The second-order valence-corrected chi connectivity index (χ2v) is 7.58. The molecule has 134 valence electrons. The Morgan fingerprint density at radius 3 is 2.44 bits per heavy atom. The lowest BCUT2D eigenvalue weighted by molar-refractivity contribution is 0.102. The van der Waals surface area contributed by atoms with Crippen LogP contribution in [-0.2, 0) is 10.0 Å². The lowest BCUT2D eigenvalue weighted by Crippen LogP contribution is -2.30. The van der Waals surface area contributed by atoms with Gasteiger partial charge in [-0.1, -0.05) is 26.0 Å². The van der Waals surface area contributed by atoms with Gasteiger partial charge in [0.05, 0.1) is 4.90 Å². The molecule has 0 radical (unpaired) electrons. The smallest absolute Gasteiger partial charge is 0.255 e. The van der Waals surface area contributed by atoms with Crippen molar-refractivity contribution in [1.29, 1.82) is 0 Å². The van der Waals surface area contributed by atoms with Crippen LogP contribution in [0.15, 0.2) is 47.4 Å². The minimum atomic E-state index is -3.61. The van der Waals surface area contributed by atoms with Crippen molar-refractivity contribution >= 4 is 27.3 Å². The number of nitrogens with two attached hydrogens (primary N) is 1. The van der Waals surface area contributed by atoms with E-state index in [0.717, 1.165) is 5.56 Å². The van der Waals surface area contributed by atoms with E-state index in [1.807, 2.05) is 13.0 Å². The third-order valence-corrected chi connectivity index (χ3v) is 6.00. The van der Waals surface area contributed by atoms with Crippen molar-refractivity contribution in [2.75, 3.05) is 24.1 Å². The number of hydrogen-bond donors (Lipinski definition) is 2. The van der Waals surface area contributed by atoms with E-state index in [-0.39, 0.29) is 16.4 Å². The summed E-state index contributed by atoms with van der Waals surface area (Å²) in [5.74, 6) is -0.384. The summed E-state index contributed by atoms with van der Waals surface area (Å²) in [5.41, 5.74) is 8.03. The molecule has 1 amide bonds. The molecule has 7 heteroatoms. The first kappa shape index (κ1) is 19.0. The van der Waals surface area contributed by atoms with Gasteiger partial charge in [0.15, 0.2) is 0 Å². The molecular weight excluding hydrogens is 338 g/mol. The number of hydrogen-bond acceptors (Lipinski definition) is 4. The molecule has 0 aliphatic rings. The van der Waals surface area contributed by atoms with Crippen LogP contribution < -0.4 is 11.1 Å². The van der Waals surface area contributed by atoms with Gasteiger partial charge in [-0.05, 0) is 42.8 Å². The number of carbonyl (C=O) groups is 1. The molecule has 2 rings (SSSR count). The molecule has 0 spiro atoms. The van der Waals surface area contributed by atoms with Gasteiger partial charge < -0.3 is 11.1 Å². The molecule has 0 aromatic heterocycles. The van der Waals surface area contributed by atoms with Crippen molar-refractivity contribution in [1.82, 2.24) is 4.31 Å². The number of benzene rings is 2. The van der Waals surface area contributed by atoms with Gasteiger partial charge in [0, 0.05) is 30.0 Å². The summed E-state index contributed by atoms with van der Waals surface area (Å²) < 4.78 is 26.6. The molecule has 2 aromatic carbocycles. The van der Waals surface area contributed by atoms with E-state index in [2.05, 4.69) is 5.32 Å². The van der Waals surface area contributed by atoms with Gasteiger partial charge in [-0.2, -0.15) is 4.31 Å². The largest absolute Gasteiger partial charge is 0.399 e. The summed E-state index contributed by atoms with van der Waals surface area (Å²) in [6.07, 6.45) is 0. The first-order chi connectivity index (χ1) is 11.8. The minimum Gasteiger partial charge on any atom is -0.399 e. The van der Waals surface area contributed by atoms with Crippen molar-refractivity contribution in [2.45, 2.75) is 25.7 Å². The molecule has 2 aromatic rings. The highest BCUT2D eigenvalue weighted by Gasteiger charge is 2.22. The topological polar surface area (TPSA) is 92.5 Å². The molecule has 25 heavy (non-hydrogen) atoms. The van der Waals surface area contributed by atoms with Gasteiger partial charge in [-0.25, -0.2) is 8.42 Å². The van der Waals surface area contributed by atoms with Crippen LogP contribution in [-0.4, -0.2) is 31.7 Å². The Labute approximate surface area is 148 Å². The Morgan fingerprint density at radius 1 is 1.12 bits per heavy atom. The lowest BCUT2D eigenvalue weighted by atomic mass is 10.1. The van der Waals surface area contributed by atoms with Gasteiger partial charge in [0.25, 0.3) is 5.91 Å². The van der Waals surface area contributed by atoms with Crippen molar-refractivity contribution in [3.63, 3.8) is 0 Å². The lowest BCUT2D eigenvalue weighted by Gasteiger charge is -2.18. The number of sulfonamides is 1. The number of anilines is 2. The fourth-order valence-corrected chi connectivity index (χ4v) is 3.98. The van der Waals surface area contributed by atoms with Crippen LogP contribution in [0.4, 0.5) is 11.4 Å². The maximum Gasteiger partial charge on any atom is 0.255 e. The van der Waals surface area contributed by atoms with E-state index < -0.39 is 10.0 Å². The third-order valence-electron chi connectivity index (χ3n) is 3.95. The molecule has 6 nitrogen and oxygen atoms in total. The zero-order chi connectivity index (χ0) is 18.6. The Bertz CT molecular complexity index is 875. The van der Waals surface area contributed by atoms with Crippen molar-refractivity contribution in [3.8, 4) is 0 Å². The molecule has 0 heterocycles. The summed E-state index contributed by atoms with van der Waals surface area (Å²) >= 11 is 0. The van der Waals surface area contributed by atoms with E-state index in [1.54, 1.807) is 38.1 Å². The standard InChI is InChI=1S/C18H23N3O3S/c1-4-21(5-2)25(23,24)16-8-6-7-14(11-16)18(22)20-17-12-15(19)10-9-13(17)3/h6-12H,4-5,19H2,1-3H3,(H,20,22). The minimum absolute atomic E-state index is 0.105. The summed E-state index contributed by atoms with van der Waals surface area (Å²) in [7, 11) is -3.61. The number of nitrogens with zero attached hydrogens (tertiary/aromatic N) is 1. The molecular formula is C18H23N3O3S. The van der Waals surface area contributed by atoms with Gasteiger partial charge >= 0.3 is 0 Å². The second-order valence-electron chi connectivity index (χ2n) is 5.65. The van der Waals surface area contributed by atoms with Crippen LogP contribution in [0.1, 0.15) is 29.8 Å². The van der Waals surface area contributed by atoms with Crippen LogP contribution >= 0.6 is 0 Å². The quantitative estimate of drug-likeness (QED) is 0.774. The maximum absolute atomic E-state index is 12.6. The monoisotopic (exact) mass is 361 g/mol. The molecule has 0 saturated heterocycles. The Balaban J connectivity index is 2.32. The number of amides is 1. The average molecular weight is 361 g/mol. The zero-order valence-corrected chi connectivity index (χ0v) is 15.4. The summed E-state index contributed by atoms with van der Waals surface area (Å²) in [6.45, 7) is 6.16. The maximum atomic E-state index is 12.6. The van der Waals surface area contributed by atoms with E-state index in [9.17, 15) is 13.2 Å². The molecule has 0 atom stereocenters. The van der Waals surface area contributed by atoms with Crippen molar-refractivity contribution < 1.29 is 13.2 Å². The molecule has 3 N–H and O–H groups in total. The van der Waals surface area contributed by atoms with E-state index in [1.165, 1.54) is 16.4 Å². The van der Waals surface area contributed by atoms with Crippen LogP contribution in [0.3, 0.4) is 0 Å². The molecule has 0 aliphatic carbocycles. The highest BCUT2D eigenvalue weighted by molar-refractivity contribution is 7.89. The number of nitrogens with one attached hydrogen (secondary N) is 1. The van der Waals surface area contributed by atoms with E-state index >= 15 is 0 Å². The number of aryl methyl sites for hydroxylation is 1. The zero-order valence-electron chi connectivity index (χ0n) is 14.6. The van der Waals surface area contributed by atoms with Gasteiger partial charge in [0.1, 0.15) is 0 Å².